The van der Waals surface area contributed by atoms with Crippen LogP contribution in [-0.2, 0) is 16.0 Å². The number of methoxy groups -OCH3 is 1. The minimum absolute atomic E-state index is 0.0267. The van der Waals surface area contributed by atoms with E-state index in [-0.39, 0.29) is 18.0 Å². The molecule has 1 unspecified atom stereocenters. The summed E-state index contributed by atoms with van der Waals surface area (Å²) in [7, 11) is 1.32. The van der Waals surface area contributed by atoms with Crippen molar-refractivity contribution in [2.75, 3.05) is 12.4 Å². The zero-order chi connectivity index (χ0) is 15.7. The van der Waals surface area contributed by atoms with Gasteiger partial charge in [0.15, 0.2) is 5.78 Å². The summed E-state index contributed by atoms with van der Waals surface area (Å²) in [6.45, 7) is 0. The number of halogens is 1. The number of rotatable bonds is 2. The summed E-state index contributed by atoms with van der Waals surface area (Å²) in [4.78, 5) is 23.9. The topological polar surface area (TPSA) is 55.4 Å². The minimum atomic E-state index is -0.503. The quantitative estimate of drug-likeness (QED) is 0.866. The highest BCUT2D eigenvalue weighted by Crippen LogP contribution is 2.31. The molecule has 0 amide bonds. The Morgan fingerprint density at radius 1 is 1.23 bits per heavy atom. The van der Waals surface area contributed by atoms with Crippen molar-refractivity contribution in [3.63, 3.8) is 0 Å². The predicted octanol–water partition coefficient (Wildman–Crippen LogP) is 2.89. The number of carbonyl (C=O) groups is 2. The van der Waals surface area contributed by atoms with Gasteiger partial charge in [0.05, 0.1) is 12.7 Å². The molecule has 0 bridgehead atoms. The zero-order valence-corrected chi connectivity index (χ0v) is 11.9. The van der Waals surface area contributed by atoms with Crippen molar-refractivity contribution in [2.45, 2.75) is 12.5 Å². The molecule has 2 aromatic rings. The fourth-order valence-electron chi connectivity index (χ4n) is 2.58. The van der Waals surface area contributed by atoms with Crippen molar-refractivity contribution in [1.82, 2.24) is 0 Å². The average molecular weight is 299 g/mol. The van der Waals surface area contributed by atoms with Gasteiger partial charge < -0.3 is 10.1 Å². The molecule has 112 valence electrons. The van der Waals surface area contributed by atoms with Gasteiger partial charge in [-0.05, 0) is 41.5 Å². The van der Waals surface area contributed by atoms with Gasteiger partial charge in [-0.3, -0.25) is 4.79 Å². The summed E-state index contributed by atoms with van der Waals surface area (Å²) < 4.78 is 17.7. The lowest BCUT2D eigenvalue weighted by molar-refractivity contribution is -0.119. The lowest BCUT2D eigenvalue weighted by Crippen LogP contribution is -2.28. The van der Waals surface area contributed by atoms with Gasteiger partial charge in [0, 0.05) is 12.1 Å². The molecule has 4 nitrogen and oxygen atoms in total. The monoisotopic (exact) mass is 299 g/mol. The zero-order valence-electron chi connectivity index (χ0n) is 11.9. The Bertz CT molecular complexity index is 740. The molecule has 2 aromatic carbocycles. The van der Waals surface area contributed by atoms with Gasteiger partial charge in [-0.25, -0.2) is 9.18 Å². The van der Waals surface area contributed by atoms with Crippen molar-refractivity contribution in [2.24, 2.45) is 0 Å². The van der Waals surface area contributed by atoms with E-state index in [4.69, 9.17) is 0 Å². The summed E-state index contributed by atoms with van der Waals surface area (Å²) in [5.74, 6) is -0.799. The minimum Gasteiger partial charge on any atom is -0.465 e. The second-order valence-corrected chi connectivity index (χ2v) is 5.14. The van der Waals surface area contributed by atoms with E-state index in [1.807, 2.05) is 0 Å². The number of hydrogen-bond donors (Lipinski definition) is 1. The highest BCUT2D eigenvalue weighted by molar-refractivity contribution is 5.96. The third-order valence-corrected chi connectivity index (χ3v) is 3.72. The Kier molecular flexibility index (Phi) is 3.63. The maximum absolute atomic E-state index is 13.0. The van der Waals surface area contributed by atoms with Crippen LogP contribution in [0.2, 0.25) is 0 Å². The number of hydrogen-bond acceptors (Lipinski definition) is 4. The van der Waals surface area contributed by atoms with Crippen LogP contribution in [0.3, 0.4) is 0 Å². The molecule has 22 heavy (non-hydrogen) atoms. The fourth-order valence-corrected chi connectivity index (χ4v) is 2.58. The Morgan fingerprint density at radius 3 is 2.64 bits per heavy atom. The molecule has 1 atom stereocenters. The van der Waals surface area contributed by atoms with E-state index >= 15 is 0 Å². The number of Topliss-reactive ketones (excluding diaryl/α,β-unsaturated/α-hetero) is 1. The average Bonchev–Trinajstić information content (AvgIpc) is 2.54. The van der Waals surface area contributed by atoms with Crippen molar-refractivity contribution in [3.8, 4) is 0 Å². The smallest absolute Gasteiger partial charge is 0.337 e. The van der Waals surface area contributed by atoms with E-state index < -0.39 is 12.0 Å². The predicted molar refractivity (Wildman–Crippen MR) is 79.3 cm³/mol. The van der Waals surface area contributed by atoms with E-state index in [1.165, 1.54) is 19.2 Å². The number of benzene rings is 2. The van der Waals surface area contributed by atoms with Gasteiger partial charge in [-0.1, -0.05) is 12.1 Å². The molecule has 0 spiro atoms. The lowest BCUT2D eigenvalue weighted by Gasteiger charge is -2.26. The first-order chi connectivity index (χ1) is 10.6. The molecular weight excluding hydrogens is 285 g/mol. The van der Waals surface area contributed by atoms with Gasteiger partial charge in [-0.2, -0.15) is 0 Å². The number of ketones is 1. The van der Waals surface area contributed by atoms with Crippen LogP contribution in [0.5, 0.6) is 0 Å². The molecule has 0 aliphatic carbocycles. The normalized spacial score (nSPS) is 16.6. The maximum Gasteiger partial charge on any atom is 0.337 e. The van der Waals surface area contributed by atoms with Crippen molar-refractivity contribution in [1.29, 1.82) is 0 Å². The highest BCUT2D eigenvalue weighted by Gasteiger charge is 2.27. The molecule has 1 aliphatic heterocycles. The fraction of sp³-hybridized carbons (Fsp3) is 0.176. The van der Waals surface area contributed by atoms with Crippen LogP contribution < -0.4 is 5.32 Å². The summed E-state index contributed by atoms with van der Waals surface area (Å²) >= 11 is 0. The van der Waals surface area contributed by atoms with Gasteiger partial charge in [0.25, 0.3) is 0 Å². The first kappa shape index (κ1) is 14.3. The molecule has 0 saturated carbocycles. The Labute approximate surface area is 126 Å². The summed E-state index contributed by atoms with van der Waals surface area (Å²) in [6.07, 6.45) is 0.217. The van der Waals surface area contributed by atoms with Gasteiger partial charge in [-0.15, -0.1) is 0 Å². The molecule has 0 fully saturated rings. The van der Waals surface area contributed by atoms with Crippen LogP contribution in [0.15, 0.2) is 42.5 Å². The number of fused-ring (bicyclic) bond motifs is 1. The molecule has 0 saturated heterocycles. The molecule has 1 heterocycles. The van der Waals surface area contributed by atoms with E-state index in [1.54, 1.807) is 30.3 Å². The van der Waals surface area contributed by atoms with E-state index in [0.717, 1.165) is 11.3 Å². The van der Waals surface area contributed by atoms with Crippen LogP contribution in [0.1, 0.15) is 27.5 Å². The van der Waals surface area contributed by atoms with Gasteiger partial charge in [0.1, 0.15) is 11.9 Å². The Morgan fingerprint density at radius 2 is 1.95 bits per heavy atom. The van der Waals surface area contributed by atoms with Crippen LogP contribution in [-0.4, -0.2) is 18.9 Å². The molecule has 1 aliphatic rings. The molecule has 0 radical (unpaired) electrons. The summed E-state index contributed by atoms with van der Waals surface area (Å²) in [5.41, 5.74) is 2.68. The molecule has 5 heteroatoms. The maximum atomic E-state index is 13.0. The molecule has 3 rings (SSSR count). The highest BCUT2D eigenvalue weighted by atomic mass is 19.1. The first-order valence-corrected chi connectivity index (χ1v) is 6.84. The third-order valence-electron chi connectivity index (χ3n) is 3.72. The Hall–Kier alpha value is -2.69. The molecule has 0 aromatic heterocycles. The third kappa shape index (κ3) is 2.57. The number of nitrogens with one attached hydrogen (secondary N) is 1. The second-order valence-electron chi connectivity index (χ2n) is 5.14. The molecule has 1 N–H and O–H groups in total. The largest absolute Gasteiger partial charge is 0.465 e. The van der Waals surface area contributed by atoms with Crippen molar-refractivity contribution in [3.05, 3.63) is 65.0 Å². The summed E-state index contributed by atoms with van der Waals surface area (Å²) in [6, 6.07) is 10.4. The Balaban J connectivity index is 1.91. The lowest BCUT2D eigenvalue weighted by atomic mass is 9.91. The first-order valence-electron chi connectivity index (χ1n) is 6.84. The van der Waals surface area contributed by atoms with E-state index in [9.17, 15) is 14.0 Å². The van der Waals surface area contributed by atoms with Gasteiger partial charge in [0.2, 0.25) is 0 Å². The van der Waals surface area contributed by atoms with Crippen molar-refractivity contribution < 1.29 is 18.7 Å². The SMILES string of the molecule is COC(=O)c1ccc2c(c1)CC(=O)C(c1ccc(F)cc1)N2. The van der Waals surface area contributed by atoms with E-state index in [0.29, 0.717) is 11.1 Å². The second kappa shape index (κ2) is 5.60. The van der Waals surface area contributed by atoms with E-state index in [2.05, 4.69) is 10.1 Å². The summed E-state index contributed by atoms with van der Waals surface area (Å²) in [5, 5.41) is 3.14. The standard InChI is InChI=1S/C17H14FNO3/c1-22-17(21)11-4-7-14-12(8-11)9-15(20)16(19-14)10-2-5-13(18)6-3-10/h2-8,16,19H,9H2,1H3. The number of ether oxygens (including phenoxy) is 1. The van der Waals surface area contributed by atoms with Gasteiger partial charge >= 0.3 is 5.97 Å². The van der Waals surface area contributed by atoms with Crippen LogP contribution >= 0.6 is 0 Å². The van der Waals surface area contributed by atoms with Crippen LogP contribution in [0.25, 0.3) is 0 Å². The van der Waals surface area contributed by atoms with Crippen LogP contribution in [0, 0.1) is 5.82 Å². The van der Waals surface area contributed by atoms with Crippen LogP contribution in [0.4, 0.5) is 10.1 Å². The number of esters is 1. The number of anilines is 1. The van der Waals surface area contributed by atoms with Crippen molar-refractivity contribution >= 4 is 17.4 Å². The molecular formula is C17H14FNO3. The number of carbonyl (C=O) groups excluding carboxylic acids is 2.